The Balaban J connectivity index is 1.21. The number of hydrogen-bond donors (Lipinski definition) is 0. The minimum atomic E-state index is 0.973. The summed E-state index contributed by atoms with van der Waals surface area (Å²) in [4.78, 5) is 4.82. The third-order valence-corrected chi connectivity index (χ3v) is 10.8. The fourth-order valence-corrected chi connectivity index (χ4v) is 8.86. The lowest BCUT2D eigenvalue weighted by molar-refractivity contribution is 1.12. The molecule has 0 unspecified atom stereocenters. The van der Waals surface area contributed by atoms with Crippen molar-refractivity contribution in [3.8, 4) is 11.4 Å². The van der Waals surface area contributed by atoms with Gasteiger partial charge in [-0.1, -0.05) is 84.9 Å². The van der Waals surface area contributed by atoms with Crippen LogP contribution in [0, 0.1) is 0 Å². The van der Waals surface area contributed by atoms with Crippen molar-refractivity contribution in [3.05, 3.63) is 158 Å². The Hall–Kier alpha value is -6.65. The molecule has 5 aromatic heterocycles. The number of para-hydroxylation sites is 3. The van der Waals surface area contributed by atoms with Gasteiger partial charge < -0.3 is 8.97 Å². The number of hydrogen-bond acceptors (Lipinski definition) is 1. The predicted molar refractivity (Wildman–Crippen MR) is 205 cm³/mol. The van der Waals surface area contributed by atoms with E-state index in [4.69, 9.17) is 4.98 Å². The van der Waals surface area contributed by atoms with Crippen molar-refractivity contribution in [2.45, 2.75) is 0 Å². The first-order chi connectivity index (χ1) is 24.3. The van der Waals surface area contributed by atoms with Crippen LogP contribution in [0.5, 0.6) is 0 Å². The summed E-state index contributed by atoms with van der Waals surface area (Å²) in [6.07, 6.45) is 1.88. The Labute approximate surface area is 279 Å². The van der Waals surface area contributed by atoms with Crippen molar-refractivity contribution >= 4 is 92.6 Å². The van der Waals surface area contributed by atoms with Crippen molar-refractivity contribution in [3.63, 3.8) is 0 Å². The lowest BCUT2D eigenvalue weighted by atomic mass is 9.98. The highest BCUT2D eigenvalue weighted by molar-refractivity contribution is 6.38. The summed E-state index contributed by atoms with van der Waals surface area (Å²) in [7, 11) is 0. The van der Waals surface area contributed by atoms with Gasteiger partial charge in [0.25, 0.3) is 0 Å². The van der Waals surface area contributed by atoms with E-state index in [1.165, 1.54) is 81.4 Å². The molecule has 0 bridgehead atoms. The fraction of sp³-hybridized carbons (Fsp3) is 0. The molecule has 0 saturated heterocycles. The molecule has 0 saturated carbocycles. The summed E-state index contributed by atoms with van der Waals surface area (Å²) in [5, 5.41) is 12.7. The quantitative estimate of drug-likeness (QED) is 0.188. The molecule has 0 aliphatic heterocycles. The molecule has 4 nitrogen and oxygen atoms in total. The van der Waals surface area contributed by atoms with E-state index in [1.807, 2.05) is 12.3 Å². The number of pyridine rings is 1. The van der Waals surface area contributed by atoms with Gasteiger partial charge in [0.15, 0.2) is 0 Å². The summed E-state index contributed by atoms with van der Waals surface area (Å²) >= 11 is 0. The van der Waals surface area contributed by atoms with Gasteiger partial charge in [0.2, 0.25) is 0 Å². The molecule has 5 heterocycles. The lowest BCUT2D eigenvalue weighted by Crippen LogP contribution is -1.98. The van der Waals surface area contributed by atoms with Crippen LogP contribution in [0.2, 0.25) is 0 Å². The Bertz CT molecular complexity index is 3270. The highest BCUT2D eigenvalue weighted by Gasteiger charge is 2.25. The van der Waals surface area contributed by atoms with Crippen molar-refractivity contribution < 1.29 is 0 Å². The number of rotatable bonds is 2. The van der Waals surface area contributed by atoms with Crippen LogP contribution in [0.25, 0.3) is 104 Å². The molecule has 0 aliphatic rings. The maximum Gasteiger partial charge on any atom is 0.145 e. The van der Waals surface area contributed by atoms with E-state index in [9.17, 15) is 0 Å². The molecular formula is C45H26N4. The second kappa shape index (κ2) is 9.03. The average Bonchev–Trinajstić information content (AvgIpc) is 3.89. The molecule has 0 aliphatic carbocycles. The maximum atomic E-state index is 4.82. The summed E-state index contributed by atoms with van der Waals surface area (Å²) < 4.78 is 7.24. The van der Waals surface area contributed by atoms with Gasteiger partial charge in [-0.15, -0.1) is 0 Å². The van der Waals surface area contributed by atoms with Gasteiger partial charge in [-0.05, 0) is 77.5 Å². The second-order valence-corrected chi connectivity index (χ2v) is 13.2. The largest absolute Gasteiger partial charge is 0.309 e. The molecule has 0 amide bonds. The van der Waals surface area contributed by atoms with Gasteiger partial charge in [-0.2, -0.15) is 0 Å². The third-order valence-electron chi connectivity index (χ3n) is 10.8. The number of benzene rings is 7. The molecule has 0 radical (unpaired) electrons. The van der Waals surface area contributed by atoms with E-state index in [1.54, 1.807) is 0 Å². The summed E-state index contributed by atoms with van der Waals surface area (Å²) in [5.74, 6) is 0. The van der Waals surface area contributed by atoms with E-state index < -0.39 is 0 Å². The third kappa shape index (κ3) is 3.12. The molecule has 226 valence electrons. The zero-order chi connectivity index (χ0) is 31.8. The van der Waals surface area contributed by atoms with E-state index in [0.717, 1.165) is 22.5 Å². The van der Waals surface area contributed by atoms with Crippen molar-refractivity contribution in [1.29, 1.82) is 0 Å². The Morgan fingerprint density at radius 3 is 1.76 bits per heavy atom. The standard InChI is InChI=1S/C45H26N4/c1-2-11-30-27(10-1)19-24-39-41(30)43-42-34-14-5-8-18-38(34)47(40(42)26-35-32-13-4-7-17-37(32)49(39)44(35)43)28-20-22-29(23-21-28)48-36-16-6-3-12-31(36)33-15-9-25-46-45(33)48/h1-26H. The fourth-order valence-electron chi connectivity index (χ4n) is 8.86. The number of aromatic nitrogens is 4. The molecule has 7 aromatic carbocycles. The summed E-state index contributed by atoms with van der Waals surface area (Å²) in [6, 6.07) is 55.4. The minimum Gasteiger partial charge on any atom is -0.309 e. The molecule has 4 heteroatoms. The lowest BCUT2D eigenvalue weighted by Gasteiger charge is -2.11. The zero-order valence-corrected chi connectivity index (χ0v) is 26.3. The second-order valence-electron chi connectivity index (χ2n) is 13.2. The zero-order valence-electron chi connectivity index (χ0n) is 26.3. The first kappa shape index (κ1) is 25.4. The van der Waals surface area contributed by atoms with Crippen LogP contribution < -0.4 is 0 Å². The van der Waals surface area contributed by atoms with Gasteiger partial charge in [0, 0.05) is 60.7 Å². The number of fused-ring (bicyclic) bond motifs is 15. The van der Waals surface area contributed by atoms with Crippen molar-refractivity contribution in [1.82, 2.24) is 18.5 Å². The van der Waals surface area contributed by atoms with Crippen molar-refractivity contribution in [2.75, 3.05) is 0 Å². The normalized spacial score (nSPS) is 12.5. The van der Waals surface area contributed by atoms with Gasteiger partial charge in [0.05, 0.1) is 33.1 Å². The molecule has 0 fully saturated rings. The van der Waals surface area contributed by atoms with Gasteiger partial charge in [0.1, 0.15) is 5.65 Å². The molecule has 0 N–H and O–H groups in total. The minimum absolute atomic E-state index is 0.973. The molecular weight excluding hydrogens is 597 g/mol. The monoisotopic (exact) mass is 622 g/mol. The maximum absolute atomic E-state index is 4.82. The predicted octanol–water partition coefficient (Wildman–Crippen LogP) is 11.6. The van der Waals surface area contributed by atoms with Gasteiger partial charge >= 0.3 is 0 Å². The van der Waals surface area contributed by atoms with Crippen LogP contribution in [0.4, 0.5) is 0 Å². The first-order valence-electron chi connectivity index (χ1n) is 16.8. The van der Waals surface area contributed by atoms with Crippen LogP contribution in [-0.4, -0.2) is 18.5 Å². The van der Waals surface area contributed by atoms with Crippen LogP contribution in [-0.2, 0) is 0 Å². The van der Waals surface area contributed by atoms with Crippen LogP contribution >= 0.6 is 0 Å². The molecule has 12 aromatic rings. The first-order valence-corrected chi connectivity index (χ1v) is 16.8. The van der Waals surface area contributed by atoms with Crippen LogP contribution in [0.3, 0.4) is 0 Å². The smallest absolute Gasteiger partial charge is 0.145 e. The molecule has 49 heavy (non-hydrogen) atoms. The summed E-state index contributed by atoms with van der Waals surface area (Å²) in [6.45, 7) is 0. The van der Waals surface area contributed by atoms with E-state index >= 15 is 0 Å². The Morgan fingerprint density at radius 2 is 0.959 bits per heavy atom. The highest BCUT2D eigenvalue weighted by Crippen LogP contribution is 2.48. The van der Waals surface area contributed by atoms with E-state index in [2.05, 4.69) is 159 Å². The van der Waals surface area contributed by atoms with Crippen LogP contribution in [0.1, 0.15) is 0 Å². The topological polar surface area (TPSA) is 27.2 Å². The van der Waals surface area contributed by atoms with E-state index in [0.29, 0.717) is 0 Å². The van der Waals surface area contributed by atoms with Gasteiger partial charge in [-0.25, -0.2) is 4.98 Å². The molecule has 0 atom stereocenters. The van der Waals surface area contributed by atoms with Crippen LogP contribution in [0.15, 0.2) is 158 Å². The highest BCUT2D eigenvalue weighted by atomic mass is 15.0. The van der Waals surface area contributed by atoms with Crippen molar-refractivity contribution in [2.24, 2.45) is 0 Å². The molecule has 0 spiro atoms. The van der Waals surface area contributed by atoms with E-state index in [-0.39, 0.29) is 0 Å². The Morgan fingerprint density at radius 1 is 0.367 bits per heavy atom. The van der Waals surface area contributed by atoms with Gasteiger partial charge in [-0.3, -0.25) is 4.57 Å². The summed E-state index contributed by atoms with van der Waals surface area (Å²) in [5.41, 5.74) is 10.6. The SMILES string of the molecule is c1ccc2c(c1)ccc1c2c2c3c4ccccc4n(-c4ccc(-n5c6ccccc6c6cccnc65)cc4)c3cc3c4ccccc4n1c32. The molecule has 12 rings (SSSR count). The Kier molecular flexibility index (Phi) is 4.69. The average molecular weight is 623 g/mol. The number of nitrogens with zero attached hydrogens (tertiary/aromatic N) is 4.